The molecule has 0 amide bonds. The van der Waals surface area contributed by atoms with Crippen molar-refractivity contribution in [2.45, 2.75) is 26.1 Å². The van der Waals surface area contributed by atoms with E-state index < -0.39 is 0 Å². The third kappa shape index (κ3) is 5.08. The maximum Gasteiger partial charge on any atom is 0.127 e. The summed E-state index contributed by atoms with van der Waals surface area (Å²) in [6.07, 6.45) is 0.593. The molecule has 4 nitrogen and oxygen atoms in total. The summed E-state index contributed by atoms with van der Waals surface area (Å²) in [6.45, 7) is 8.93. The molecule has 1 aliphatic rings. The Balaban J connectivity index is 1.40. The number of hydrogen-bond acceptors (Lipinski definition) is 4. The van der Waals surface area contributed by atoms with E-state index in [1.54, 1.807) is 0 Å². The van der Waals surface area contributed by atoms with Crippen LogP contribution in [0.2, 0.25) is 5.02 Å². The van der Waals surface area contributed by atoms with Crippen LogP contribution in [-0.4, -0.2) is 56.6 Å². The Bertz CT molecular complexity index is 684. The molecule has 25 heavy (non-hydrogen) atoms. The quantitative estimate of drug-likeness (QED) is 0.696. The van der Waals surface area contributed by atoms with Crippen molar-refractivity contribution in [1.29, 1.82) is 0 Å². The van der Waals surface area contributed by atoms with Gasteiger partial charge in [-0.15, -0.1) is 0 Å². The number of hydrogen-bond donors (Lipinski definition) is 0. The molecule has 0 N–H and O–H groups in total. The third-order valence-electron chi connectivity index (χ3n) is 4.36. The predicted octanol–water partition coefficient (Wildman–Crippen LogP) is 4.00. The maximum atomic E-state index is 6.23. The first-order valence-corrected chi connectivity index (χ1v) is 9.27. The maximum absolute atomic E-state index is 6.23. The van der Waals surface area contributed by atoms with Crippen LogP contribution in [0.15, 0.2) is 36.4 Å². The Morgan fingerprint density at radius 1 is 1.00 bits per heavy atom. The fourth-order valence-corrected chi connectivity index (χ4v) is 3.56. The second-order valence-electron chi connectivity index (χ2n) is 6.57. The minimum absolute atomic E-state index is 0.297. The second kappa shape index (κ2) is 8.86. The van der Waals surface area contributed by atoms with Gasteiger partial charge in [0, 0.05) is 35.4 Å². The van der Waals surface area contributed by atoms with Gasteiger partial charge >= 0.3 is 0 Å². The van der Waals surface area contributed by atoms with Crippen molar-refractivity contribution in [3.05, 3.63) is 41.4 Å². The zero-order valence-electron chi connectivity index (χ0n) is 14.9. The number of benzene rings is 2. The zero-order chi connectivity index (χ0) is 17.6. The van der Waals surface area contributed by atoms with Crippen molar-refractivity contribution in [2.24, 2.45) is 0 Å². The highest BCUT2D eigenvalue weighted by atomic mass is 35.5. The van der Waals surface area contributed by atoms with Crippen LogP contribution >= 0.6 is 11.6 Å². The van der Waals surface area contributed by atoms with E-state index in [1.165, 1.54) is 0 Å². The molecule has 1 aliphatic heterocycles. The van der Waals surface area contributed by atoms with E-state index in [2.05, 4.69) is 18.7 Å². The lowest BCUT2D eigenvalue weighted by molar-refractivity contribution is -0.0734. The van der Waals surface area contributed by atoms with Crippen LogP contribution < -0.4 is 4.74 Å². The van der Waals surface area contributed by atoms with Gasteiger partial charge in [-0.25, -0.2) is 0 Å². The monoisotopic (exact) mass is 363 g/mol. The molecule has 2 atom stereocenters. The van der Waals surface area contributed by atoms with Crippen LogP contribution in [0.3, 0.4) is 0 Å². The molecule has 1 heterocycles. The predicted molar refractivity (Wildman–Crippen MR) is 102 cm³/mol. The van der Waals surface area contributed by atoms with Gasteiger partial charge < -0.3 is 14.2 Å². The lowest BCUT2D eigenvalue weighted by Gasteiger charge is -2.35. The molecule has 0 bridgehead atoms. The minimum Gasteiger partial charge on any atom is -0.491 e. The van der Waals surface area contributed by atoms with E-state index in [0.29, 0.717) is 32.0 Å². The Morgan fingerprint density at radius 2 is 1.72 bits per heavy atom. The minimum atomic E-state index is 0.297. The summed E-state index contributed by atoms with van der Waals surface area (Å²) in [5, 5.41) is 2.79. The first-order valence-electron chi connectivity index (χ1n) is 8.89. The molecule has 5 heteroatoms. The molecule has 2 aromatic carbocycles. The lowest BCUT2D eigenvalue weighted by atomic mass is 10.1. The number of halogens is 1. The van der Waals surface area contributed by atoms with E-state index in [9.17, 15) is 0 Å². The second-order valence-corrected chi connectivity index (χ2v) is 6.98. The number of fused-ring (bicyclic) bond motifs is 1. The summed E-state index contributed by atoms with van der Waals surface area (Å²) in [7, 11) is 0. The van der Waals surface area contributed by atoms with Gasteiger partial charge in [0.2, 0.25) is 0 Å². The van der Waals surface area contributed by atoms with Gasteiger partial charge in [-0.05, 0) is 26.0 Å². The van der Waals surface area contributed by atoms with Crippen LogP contribution in [0.5, 0.6) is 5.75 Å². The molecule has 1 saturated heterocycles. The van der Waals surface area contributed by atoms with Gasteiger partial charge in [0.1, 0.15) is 12.4 Å². The molecule has 2 aromatic rings. The molecule has 0 aromatic heterocycles. The summed E-state index contributed by atoms with van der Waals surface area (Å²) < 4.78 is 17.4. The van der Waals surface area contributed by atoms with Crippen molar-refractivity contribution in [1.82, 2.24) is 4.90 Å². The topological polar surface area (TPSA) is 30.9 Å². The Hall–Kier alpha value is -1.33. The SMILES string of the molecule is C[C@H]1CN(CCOCCOc2ccc(Cl)c3ccccc23)C[C@H](C)O1. The standard InChI is InChI=1S/C20H26ClNO3/c1-15-13-22(14-16(2)25-15)9-10-23-11-12-24-20-8-7-19(21)17-5-3-4-6-18(17)20/h3-8,15-16H,9-14H2,1-2H3/t15-,16-/m0/s1. The summed E-state index contributed by atoms with van der Waals surface area (Å²) in [4.78, 5) is 2.40. The van der Waals surface area contributed by atoms with Crippen molar-refractivity contribution in [3.63, 3.8) is 0 Å². The largest absolute Gasteiger partial charge is 0.491 e. The van der Waals surface area contributed by atoms with Crippen LogP contribution in [0.25, 0.3) is 10.8 Å². The molecule has 0 aliphatic carbocycles. The van der Waals surface area contributed by atoms with Crippen molar-refractivity contribution < 1.29 is 14.2 Å². The molecule has 1 fully saturated rings. The molecule has 0 spiro atoms. The van der Waals surface area contributed by atoms with Crippen molar-refractivity contribution in [2.75, 3.05) is 39.5 Å². The highest BCUT2D eigenvalue weighted by Gasteiger charge is 2.21. The van der Waals surface area contributed by atoms with E-state index >= 15 is 0 Å². The van der Waals surface area contributed by atoms with Gasteiger partial charge in [-0.3, -0.25) is 4.90 Å². The van der Waals surface area contributed by atoms with Crippen molar-refractivity contribution >= 4 is 22.4 Å². The van der Waals surface area contributed by atoms with Crippen LogP contribution in [0.1, 0.15) is 13.8 Å². The number of ether oxygens (including phenoxy) is 3. The molecule has 0 saturated carbocycles. The van der Waals surface area contributed by atoms with Gasteiger partial charge in [0.15, 0.2) is 0 Å². The first-order chi connectivity index (χ1) is 12.1. The van der Waals surface area contributed by atoms with Gasteiger partial charge in [0.05, 0.1) is 25.4 Å². The molecule has 0 radical (unpaired) electrons. The van der Waals surface area contributed by atoms with Gasteiger partial charge in [0.25, 0.3) is 0 Å². The average molecular weight is 364 g/mol. The lowest BCUT2D eigenvalue weighted by Crippen LogP contribution is -2.46. The number of nitrogens with zero attached hydrogens (tertiary/aromatic N) is 1. The molecular weight excluding hydrogens is 338 g/mol. The number of morpholine rings is 1. The zero-order valence-corrected chi connectivity index (χ0v) is 15.7. The fraction of sp³-hybridized carbons (Fsp3) is 0.500. The van der Waals surface area contributed by atoms with Crippen molar-refractivity contribution in [3.8, 4) is 5.75 Å². The summed E-state index contributed by atoms with van der Waals surface area (Å²) in [6, 6.07) is 11.8. The van der Waals surface area contributed by atoms with E-state index in [0.717, 1.165) is 41.2 Å². The summed E-state index contributed by atoms with van der Waals surface area (Å²) in [5.74, 6) is 0.847. The average Bonchev–Trinajstić information content (AvgIpc) is 2.59. The van der Waals surface area contributed by atoms with E-state index in [4.69, 9.17) is 25.8 Å². The molecule has 136 valence electrons. The molecule has 0 unspecified atom stereocenters. The smallest absolute Gasteiger partial charge is 0.127 e. The third-order valence-corrected chi connectivity index (χ3v) is 4.69. The fourth-order valence-electron chi connectivity index (χ4n) is 3.33. The van der Waals surface area contributed by atoms with E-state index in [1.807, 2.05) is 36.4 Å². The summed E-state index contributed by atoms with van der Waals surface area (Å²) >= 11 is 6.23. The van der Waals surface area contributed by atoms with Crippen LogP contribution in [0.4, 0.5) is 0 Å². The number of rotatable bonds is 7. The van der Waals surface area contributed by atoms with E-state index in [-0.39, 0.29) is 0 Å². The highest BCUT2D eigenvalue weighted by Crippen LogP contribution is 2.31. The first kappa shape index (κ1) is 18.5. The molecule has 3 rings (SSSR count). The Kier molecular flexibility index (Phi) is 6.54. The normalized spacial score (nSPS) is 21.6. The Morgan fingerprint density at radius 3 is 2.48 bits per heavy atom. The summed E-state index contributed by atoms with van der Waals surface area (Å²) in [5.41, 5.74) is 0. The molecular formula is C20H26ClNO3. The van der Waals surface area contributed by atoms with Gasteiger partial charge in [-0.1, -0.05) is 35.9 Å². The van der Waals surface area contributed by atoms with Crippen LogP contribution in [-0.2, 0) is 9.47 Å². The highest BCUT2D eigenvalue weighted by molar-refractivity contribution is 6.35. The van der Waals surface area contributed by atoms with Crippen LogP contribution in [0, 0.1) is 0 Å². The van der Waals surface area contributed by atoms with Gasteiger partial charge in [-0.2, -0.15) is 0 Å². The Labute approximate surface area is 154 Å².